The van der Waals surface area contributed by atoms with Gasteiger partial charge in [-0.1, -0.05) is 34.1 Å². The number of nitrogens with zero attached hydrogens (tertiary/aromatic N) is 2. The molecule has 0 aliphatic heterocycles. The van der Waals surface area contributed by atoms with Gasteiger partial charge in [-0.15, -0.1) is 0 Å². The molecule has 2 aromatic carbocycles. The number of hydrogen-bond donors (Lipinski definition) is 2. The third-order valence-corrected chi connectivity index (χ3v) is 4.22. The second kappa shape index (κ2) is 7.01. The Hall–Kier alpha value is -2.40. The van der Waals surface area contributed by atoms with Crippen LogP contribution in [0, 0.1) is 20.8 Å². The fourth-order valence-corrected chi connectivity index (χ4v) is 2.76. The Morgan fingerprint density at radius 3 is 2.17 bits per heavy atom. The highest BCUT2D eigenvalue weighted by Gasteiger charge is 2.07. The van der Waals surface area contributed by atoms with Crippen LogP contribution in [0.15, 0.2) is 53.0 Å². The molecule has 5 heteroatoms. The number of para-hydroxylation sites is 1. The number of nitrogens with one attached hydrogen (secondary N) is 2. The van der Waals surface area contributed by atoms with Crippen LogP contribution in [-0.2, 0) is 0 Å². The molecule has 122 valence electrons. The van der Waals surface area contributed by atoms with E-state index in [9.17, 15) is 0 Å². The fourth-order valence-electron chi connectivity index (χ4n) is 2.49. The highest BCUT2D eigenvalue weighted by atomic mass is 79.9. The van der Waals surface area contributed by atoms with Crippen LogP contribution in [0.5, 0.6) is 0 Å². The second-order valence-electron chi connectivity index (χ2n) is 5.74. The van der Waals surface area contributed by atoms with Gasteiger partial charge in [0.15, 0.2) is 0 Å². The molecule has 3 rings (SSSR count). The van der Waals surface area contributed by atoms with Crippen LogP contribution in [0.2, 0.25) is 0 Å². The van der Waals surface area contributed by atoms with Crippen molar-refractivity contribution in [3.8, 4) is 0 Å². The molecule has 0 atom stereocenters. The summed E-state index contributed by atoms with van der Waals surface area (Å²) in [6, 6.07) is 16.1. The van der Waals surface area contributed by atoms with Gasteiger partial charge < -0.3 is 10.6 Å². The standard InChI is InChI=1S/C19H19BrN4/c1-12-5-4-6-13(2)18(12)24-19-21-14(3)11-17(23-19)22-16-9-7-15(20)8-10-16/h4-11H,1-3H3,(H2,21,22,23,24). The van der Waals surface area contributed by atoms with Crippen molar-refractivity contribution in [3.63, 3.8) is 0 Å². The maximum Gasteiger partial charge on any atom is 0.229 e. The molecule has 0 aliphatic carbocycles. The van der Waals surface area contributed by atoms with Gasteiger partial charge in [0, 0.05) is 27.6 Å². The summed E-state index contributed by atoms with van der Waals surface area (Å²) in [4.78, 5) is 9.08. The third-order valence-electron chi connectivity index (χ3n) is 3.69. The van der Waals surface area contributed by atoms with Crippen LogP contribution < -0.4 is 10.6 Å². The number of anilines is 4. The van der Waals surface area contributed by atoms with Crippen LogP contribution in [-0.4, -0.2) is 9.97 Å². The molecule has 1 heterocycles. The summed E-state index contributed by atoms with van der Waals surface area (Å²) in [5.41, 5.74) is 5.27. The zero-order valence-corrected chi connectivity index (χ0v) is 15.5. The minimum atomic E-state index is 0.590. The van der Waals surface area contributed by atoms with Gasteiger partial charge in [-0.25, -0.2) is 4.98 Å². The van der Waals surface area contributed by atoms with Crippen molar-refractivity contribution < 1.29 is 0 Å². The number of rotatable bonds is 4. The summed E-state index contributed by atoms with van der Waals surface area (Å²) in [6.45, 7) is 6.11. The van der Waals surface area contributed by atoms with E-state index in [1.807, 2.05) is 43.3 Å². The molecule has 0 saturated heterocycles. The first-order valence-electron chi connectivity index (χ1n) is 7.73. The van der Waals surface area contributed by atoms with Crippen LogP contribution >= 0.6 is 15.9 Å². The Bertz CT molecular complexity index is 839. The molecule has 24 heavy (non-hydrogen) atoms. The Morgan fingerprint density at radius 2 is 1.50 bits per heavy atom. The molecular formula is C19H19BrN4. The lowest BCUT2D eigenvalue weighted by molar-refractivity contribution is 1.10. The molecule has 1 aromatic heterocycles. The fraction of sp³-hybridized carbons (Fsp3) is 0.158. The molecule has 0 aliphatic rings. The number of aromatic nitrogens is 2. The second-order valence-corrected chi connectivity index (χ2v) is 6.66. The quantitative estimate of drug-likeness (QED) is 0.611. The third kappa shape index (κ3) is 3.92. The molecule has 2 N–H and O–H groups in total. The van der Waals surface area contributed by atoms with Crippen LogP contribution in [0.25, 0.3) is 0 Å². The molecular weight excluding hydrogens is 364 g/mol. The monoisotopic (exact) mass is 382 g/mol. The van der Waals surface area contributed by atoms with Gasteiger partial charge in [0.05, 0.1) is 0 Å². The normalized spacial score (nSPS) is 10.5. The van der Waals surface area contributed by atoms with Gasteiger partial charge in [0.2, 0.25) is 5.95 Å². The Kier molecular flexibility index (Phi) is 4.81. The van der Waals surface area contributed by atoms with Gasteiger partial charge in [0.1, 0.15) is 5.82 Å². The number of aryl methyl sites for hydroxylation is 3. The van der Waals surface area contributed by atoms with E-state index in [-0.39, 0.29) is 0 Å². The highest BCUT2D eigenvalue weighted by molar-refractivity contribution is 9.10. The summed E-state index contributed by atoms with van der Waals surface area (Å²) < 4.78 is 1.05. The Morgan fingerprint density at radius 1 is 0.833 bits per heavy atom. The average molecular weight is 383 g/mol. The summed E-state index contributed by atoms with van der Waals surface area (Å²) in [5.74, 6) is 1.35. The average Bonchev–Trinajstić information content (AvgIpc) is 2.53. The van der Waals surface area contributed by atoms with Crippen molar-refractivity contribution in [1.29, 1.82) is 0 Å². The Balaban J connectivity index is 1.87. The van der Waals surface area contributed by atoms with Crippen molar-refractivity contribution >= 4 is 39.1 Å². The molecule has 0 fully saturated rings. The van der Waals surface area contributed by atoms with Crippen LogP contribution in [0.3, 0.4) is 0 Å². The maximum atomic E-state index is 4.58. The highest BCUT2D eigenvalue weighted by Crippen LogP contribution is 2.24. The first-order valence-corrected chi connectivity index (χ1v) is 8.52. The summed E-state index contributed by atoms with van der Waals surface area (Å²) in [5, 5.41) is 6.66. The minimum Gasteiger partial charge on any atom is -0.340 e. The Labute approximate surface area is 150 Å². The van der Waals surface area contributed by atoms with Crippen molar-refractivity contribution in [2.75, 3.05) is 10.6 Å². The zero-order valence-electron chi connectivity index (χ0n) is 13.9. The summed E-state index contributed by atoms with van der Waals surface area (Å²) >= 11 is 3.44. The van der Waals surface area contributed by atoms with E-state index < -0.39 is 0 Å². The summed E-state index contributed by atoms with van der Waals surface area (Å²) in [6.07, 6.45) is 0. The van der Waals surface area contributed by atoms with Gasteiger partial charge in [-0.05, 0) is 56.2 Å². The van der Waals surface area contributed by atoms with Crippen LogP contribution in [0.4, 0.5) is 23.1 Å². The molecule has 0 amide bonds. The number of benzene rings is 2. The zero-order chi connectivity index (χ0) is 17.1. The van der Waals surface area contributed by atoms with Crippen molar-refractivity contribution in [3.05, 3.63) is 69.8 Å². The SMILES string of the molecule is Cc1cc(Nc2ccc(Br)cc2)nc(Nc2c(C)cccc2C)n1. The molecule has 4 nitrogen and oxygen atoms in total. The predicted molar refractivity (Wildman–Crippen MR) is 103 cm³/mol. The van der Waals surface area contributed by atoms with E-state index in [4.69, 9.17) is 0 Å². The topological polar surface area (TPSA) is 49.8 Å². The van der Waals surface area contributed by atoms with E-state index in [1.54, 1.807) is 0 Å². The molecule has 0 saturated carbocycles. The van der Waals surface area contributed by atoms with Gasteiger partial charge in [-0.3, -0.25) is 0 Å². The van der Waals surface area contributed by atoms with Crippen molar-refractivity contribution in [2.45, 2.75) is 20.8 Å². The van der Waals surface area contributed by atoms with Crippen molar-refractivity contribution in [2.24, 2.45) is 0 Å². The lowest BCUT2D eigenvalue weighted by Gasteiger charge is -2.13. The first kappa shape index (κ1) is 16.5. The number of hydrogen-bond acceptors (Lipinski definition) is 4. The molecule has 3 aromatic rings. The molecule has 0 spiro atoms. The molecule has 0 unspecified atom stereocenters. The van der Waals surface area contributed by atoms with Crippen LogP contribution in [0.1, 0.15) is 16.8 Å². The lowest BCUT2D eigenvalue weighted by atomic mass is 10.1. The predicted octanol–water partition coefficient (Wildman–Crippen LogP) is 5.65. The van der Waals surface area contributed by atoms with E-state index in [0.717, 1.165) is 27.4 Å². The van der Waals surface area contributed by atoms with Gasteiger partial charge in [0.25, 0.3) is 0 Å². The smallest absolute Gasteiger partial charge is 0.229 e. The number of halogens is 1. The van der Waals surface area contributed by atoms with Gasteiger partial charge in [-0.2, -0.15) is 4.98 Å². The van der Waals surface area contributed by atoms with Crippen molar-refractivity contribution in [1.82, 2.24) is 9.97 Å². The lowest BCUT2D eigenvalue weighted by Crippen LogP contribution is -2.04. The molecule has 0 bridgehead atoms. The van der Waals surface area contributed by atoms with E-state index in [1.165, 1.54) is 11.1 Å². The van der Waals surface area contributed by atoms with E-state index in [2.05, 4.69) is 62.5 Å². The van der Waals surface area contributed by atoms with E-state index >= 15 is 0 Å². The largest absolute Gasteiger partial charge is 0.340 e. The van der Waals surface area contributed by atoms with E-state index in [0.29, 0.717) is 5.95 Å². The molecule has 0 radical (unpaired) electrons. The summed E-state index contributed by atoms with van der Waals surface area (Å²) in [7, 11) is 0. The minimum absolute atomic E-state index is 0.590. The first-order chi connectivity index (χ1) is 11.5. The maximum absolute atomic E-state index is 4.58. The van der Waals surface area contributed by atoms with Gasteiger partial charge >= 0.3 is 0 Å².